The smallest absolute Gasteiger partial charge is 0.307 e. The number of halogens is 2. The molecule has 0 unspecified atom stereocenters. The first-order valence-corrected chi connectivity index (χ1v) is 9.06. The molecule has 0 aliphatic carbocycles. The Morgan fingerprint density at radius 1 is 1.19 bits per heavy atom. The molecule has 0 atom stereocenters. The summed E-state index contributed by atoms with van der Waals surface area (Å²) in [6.45, 7) is 4.36. The van der Waals surface area contributed by atoms with Gasteiger partial charge in [-0.1, -0.05) is 37.0 Å². The molecule has 0 amide bonds. The average Bonchev–Trinajstić information content (AvgIpc) is 2.92. The van der Waals surface area contributed by atoms with Crippen molar-refractivity contribution in [2.75, 3.05) is 0 Å². The number of hydrogen-bond acceptors (Lipinski definition) is 2. The lowest BCUT2D eigenvalue weighted by Crippen LogP contribution is -2.00. The Labute approximate surface area is 161 Å². The molecule has 3 rings (SSSR count). The minimum atomic E-state index is -0.943. The Morgan fingerprint density at radius 2 is 1.88 bits per heavy atom. The van der Waals surface area contributed by atoms with Gasteiger partial charge in [-0.05, 0) is 53.8 Å². The van der Waals surface area contributed by atoms with Crippen LogP contribution in [0.5, 0.6) is 11.5 Å². The number of hydrogen-bond donors (Lipinski definition) is 2. The van der Waals surface area contributed by atoms with Gasteiger partial charge in [-0.2, -0.15) is 0 Å². The van der Waals surface area contributed by atoms with Crippen molar-refractivity contribution in [3.63, 3.8) is 0 Å². The van der Waals surface area contributed by atoms with E-state index in [-0.39, 0.29) is 16.5 Å². The third-order valence-corrected chi connectivity index (χ3v) is 4.56. The molecule has 1 aromatic heterocycles. The average molecular weight is 392 g/mol. The zero-order valence-electron chi connectivity index (χ0n) is 14.5. The number of nitrogens with one attached hydrogen (secondary N) is 1. The Bertz CT molecular complexity index is 940. The molecule has 136 valence electrons. The second kappa shape index (κ2) is 7.60. The quantitative estimate of drug-likeness (QED) is 0.533. The van der Waals surface area contributed by atoms with Crippen molar-refractivity contribution in [1.29, 1.82) is 0 Å². The number of benzene rings is 2. The van der Waals surface area contributed by atoms with Gasteiger partial charge >= 0.3 is 5.97 Å². The van der Waals surface area contributed by atoms with Crippen LogP contribution in [0.25, 0.3) is 10.9 Å². The number of H-pyrrole nitrogens is 1. The van der Waals surface area contributed by atoms with E-state index >= 15 is 0 Å². The molecule has 4 nitrogen and oxygen atoms in total. The molecular formula is C20H19Cl2NO3. The summed E-state index contributed by atoms with van der Waals surface area (Å²) in [5.74, 6) is 0.547. The maximum absolute atomic E-state index is 10.9. The number of ether oxygens (including phenoxy) is 1. The van der Waals surface area contributed by atoms with Gasteiger partial charge in [-0.15, -0.1) is 0 Å². The second-order valence-corrected chi connectivity index (χ2v) is 7.49. The van der Waals surface area contributed by atoms with E-state index in [4.69, 9.17) is 33.0 Å². The second-order valence-electron chi connectivity index (χ2n) is 6.68. The van der Waals surface area contributed by atoms with E-state index in [9.17, 15) is 4.79 Å². The van der Waals surface area contributed by atoms with Crippen LogP contribution >= 0.6 is 23.2 Å². The molecule has 0 saturated heterocycles. The molecule has 0 aliphatic rings. The predicted octanol–water partition coefficient (Wildman–Crippen LogP) is 6.09. The summed E-state index contributed by atoms with van der Waals surface area (Å²) in [5.41, 5.74) is 2.80. The van der Waals surface area contributed by atoms with E-state index in [2.05, 4.69) is 18.8 Å². The largest absolute Gasteiger partial charge is 0.481 e. The molecule has 0 bridgehead atoms. The summed E-state index contributed by atoms with van der Waals surface area (Å²) in [5, 5.41) is 10.6. The van der Waals surface area contributed by atoms with Gasteiger partial charge in [0.25, 0.3) is 0 Å². The van der Waals surface area contributed by atoms with Crippen LogP contribution in [0.15, 0.2) is 36.5 Å². The summed E-state index contributed by atoms with van der Waals surface area (Å²) >= 11 is 12.5. The summed E-state index contributed by atoms with van der Waals surface area (Å²) < 4.78 is 5.91. The van der Waals surface area contributed by atoms with Gasteiger partial charge in [0.1, 0.15) is 5.75 Å². The van der Waals surface area contributed by atoms with Crippen LogP contribution in [-0.4, -0.2) is 16.1 Å². The van der Waals surface area contributed by atoms with Crippen molar-refractivity contribution in [2.45, 2.75) is 26.7 Å². The van der Waals surface area contributed by atoms with Crippen LogP contribution in [0.2, 0.25) is 10.0 Å². The van der Waals surface area contributed by atoms with Crippen LogP contribution in [0.4, 0.5) is 0 Å². The van der Waals surface area contributed by atoms with E-state index in [1.807, 2.05) is 24.4 Å². The first-order chi connectivity index (χ1) is 12.3. The fraction of sp³-hybridized carbons (Fsp3) is 0.250. The maximum Gasteiger partial charge on any atom is 0.307 e. The Morgan fingerprint density at radius 3 is 2.50 bits per heavy atom. The molecule has 0 fully saturated rings. The SMILES string of the molecule is CC(C)Cc1c[nH]c2ccc(Oc3c(Cl)cc(CC(=O)O)cc3Cl)cc12. The number of carboxylic acids is 1. The first kappa shape index (κ1) is 18.6. The van der Waals surface area contributed by atoms with Crippen molar-refractivity contribution in [1.82, 2.24) is 4.98 Å². The lowest BCUT2D eigenvalue weighted by Gasteiger charge is -2.12. The molecule has 1 heterocycles. The molecule has 0 saturated carbocycles. The van der Waals surface area contributed by atoms with Gasteiger partial charge in [0.2, 0.25) is 0 Å². The van der Waals surface area contributed by atoms with Crippen molar-refractivity contribution in [3.05, 3.63) is 57.7 Å². The van der Waals surface area contributed by atoms with E-state index in [0.29, 0.717) is 23.0 Å². The van der Waals surface area contributed by atoms with Crippen LogP contribution in [0.3, 0.4) is 0 Å². The van der Waals surface area contributed by atoms with Gasteiger partial charge in [-0.3, -0.25) is 4.79 Å². The van der Waals surface area contributed by atoms with Crippen molar-refractivity contribution in [2.24, 2.45) is 5.92 Å². The van der Waals surface area contributed by atoms with Gasteiger partial charge in [-0.25, -0.2) is 0 Å². The van der Waals surface area contributed by atoms with Crippen LogP contribution in [0.1, 0.15) is 25.0 Å². The highest BCUT2D eigenvalue weighted by molar-refractivity contribution is 6.37. The van der Waals surface area contributed by atoms with Crippen LogP contribution in [-0.2, 0) is 17.6 Å². The monoisotopic (exact) mass is 391 g/mol. The summed E-state index contributed by atoms with van der Waals surface area (Å²) in [6, 6.07) is 8.89. The lowest BCUT2D eigenvalue weighted by molar-refractivity contribution is -0.136. The first-order valence-electron chi connectivity index (χ1n) is 8.31. The normalized spacial score (nSPS) is 11.3. The highest BCUT2D eigenvalue weighted by atomic mass is 35.5. The molecule has 2 N–H and O–H groups in total. The van der Waals surface area contributed by atoms with E-state index in [1.165, 1.54) is 5.56 Å². The molecule has 2 aromatic carbocycles. The van der Waals surface area contributed by atoms with Gasteiger partial charge in [0.05, 0.1) is 16.5 Å². The Balaban J connectivity index is 1.92. The minimum absolute atomic E-state index is 0.145. The van der Waals surface area contributed by atoms with Crippen molar-refractivity contribution >= 4 is 40.1 Å². The summed E-state index contributed by atoms with van der Waals surface area (Å²) in [4.78, 5) is 14.1. The zero-order chi connectivity index (χ0) is 18.8. The fourth-order valence-electron chi connectivity index (χ4n) is 2.93. The third-order valence-electron chi connectivity index (χ3n) is 4.00. The number of fused-ring (bicyclic) bond motifs is 1. The molecule has 0 aliphatic heterocycles. The molecule has 3 aromatic rings. The van der Waals surface area contributed by atoms with E-state index in [1.54, 1.807) is 12.1 Å². The number of carboxylic acid groups (broad SMARTS) is 1. The molecule has 6 heteroatoms. The molecule has 0 radical (unpaired) electrons. The van der Waals surface area contributed by atoms with Crippen molar-refractivity contribution in [3.8, 4) is 11.5 Å². The highest BCUT2D eigenvalue weighted by Gasteiger charge is 2.14. The number of aliphatic carboxylic acids is 1. The highest BCUT2D eigenvalue weighted by Crippen LogP contribution is 2.38. The Kier molecular flexibility index (Phi) is 5.44. The van der Waals surface area contributed by atoms with Crippen LogP contribution < -0.4 is 4.74 Å². The lowest BCUT2D eigenvalue weighted by atomic mass is 10.0. The van der Waals surface area contributed by atoms with Gasteiger partial charge in [0.15, 0.2) is 5.75 Å². The molecular weight excluding hydrogens is 373 g/mol. The predicted molar refractivity (Wildman–Crippen MR) is 105 cm³/mol. The zero-order valence-corrected chi connectivity index (χ0v) is 16.0. The van der Waals surface area contributed by atoms with Crippen LogP contribution in [0, 0.1) is 5.92 Å². The Hall–Kier alpha value is -2.17. The van der Waals surface area contributed by atoms with E-state index in [0.717, 1.165) is 17.3 Å². The van der Waals surface area contributed by atoms with Crippen molar-refractivity contribution < 1.29 is 14.6 Å². The number of rotatable bonds is 6. The molecule has 0 spiro atoms. The van der Waals surface area contributed by atoms with Gasteiger partial charge in [0, 0.05) is 17.1 Å². The maximum atomic E-state index is 10.9. The standard InChI is InChI=1S/C20H19Cl2NO3/c1-11(2)5-13-10-23-18-4-3-14(9-15(13)18)26-20-16(21)6-12(7-17(20)22)8-19(24)25/h3-4,6-7,9-11,23H,5,8H2,1-2H3,(H,24,25). The minimum Gasteiger partial charge on any atom is -0.481 e. The number of aromatic nitrogens is 1. The van der Waals surface area contributed by atoms with E-state index < -0.39 is 5.97 Å². The van der Waals surface area contributed by atoms with Gasteiger partial charge < -0.3 is 14.8 Å². The topological polar surface area (TPSA) is 62.3 Å². The number of carbonyl (C=O) groups is 1. The third kappa shape index (κ3) is 4.14. The molecule has 26 heavy (non-hydrogen) atoms. The fourth-order valence-corrected chi connectivity index (χ4v) is 3.54. The number of aromatic amines is 1. The summed E-state index contributed by atoms with van der Waals surface area (Å²) in [7, 11) is 0. The summed E-state index contributed by atoms with van der Waals surface area (Å²) in [6.07, 6.45) is 2.84.